The zero-order valence-electron chi connectivity index (χ0n) is 14.6. The molecule has 0 aliphatic heterocycles. The number of nitrogens with zero attached hydrogens (tertiary/aromatic N) is 1. The summed E-state index contributed by atoms with van der Waals surface area (Å²) in [6.45, 7) is 13.7. The fraction of sp³-hybridized carbons (Fsp3) is 0.667. The summed E-state index contributed by atoms with van der Waals surface area (Å²) in [4.78, 5) is 2.47. The zero-order valence-corrected chi connectivity index (χ0v) is 14.6. The van der Waals surface area contributed by atoms with Gasteiger partial charge in [-0.3, -0.25) is 0 Å². The zero-order chi connectivity index (χ0) is 15.8. The van der Waals surface area contributed by atoms with Gasteiger partial charge in [-0.15, -0.1) is 0 Å². The average molecular weight is 292 g/mol. The summed E-state index contributed by atoms with van der Waals surface area (Å²) >= 11 is 0. The molecular weight excluding hydrogens is 260 g/mol. The van der Waals surface area contributed by atoms with Crippen LogP contribution in [0.25, 0.3) is 0 Å². The molecule has 3 heteroatoms. The molecule has 0 aliphatic rings. The van der Waals surface area contributed by atoms with E-state index in [1.165, 1.54) is 16.8 Å². The number of benzene rings is 1. The highest BCUT2D eigenvalue weighted by molar-refractivity contribution is 5.55. The monoisotopic (exact) mass is 292 g/mol. The van der Waals surface area contributed by atoms with Gasteiger partial charge in [0.25, 0.3) is 0 Å². The maximum Gasteiger partial charge on any atom is 0.0637 e. The number of hydrogen-bond donors (Lipinski definition) is 1. The van der Waals surface area contributed by atoms with Crippen LogP contribution in [0, 0.1) is 6.92 Å². The van der Waals surface area contributed by atoms with Crippen molar-refractivity contribution in [1.82, 2.24) is 5.32 Å². The van der Waals surface area contributed by atoms with Crippen LogP contribution >= 0.6 is 0 Å². The third kappa shape index (κ3) is 5.68. The normalized spacial score (nSPS) is 12.7. The van der Waals surface area contributed by atoms with E-state index in [4.69, 9.17) is 4.74 Å². The second-order valence-corrected chi connectivity index (χ2v) is 6.11. The first-order valence-electron chi connectivity index (χ1n) is 8.08. The van der Waals surface area contributed by atoms with E-state index in [0.717, 1.165) is 26.1 Å². The number of anilines is 1. The first-order valence-corrected chi connectivity index (χ1v) is 8.08. The van der Waals surface area contributed by atoms with E-state index in [1.807, 2.05) is 0 Å². The SMILES string of the molecule is CCC(C)N(CCOC)c1ccc(C)cc1CNC(C)C. The minimum absolute atomic E-state index is 0.495. The van der Waals surface area contributed by atoms with Crippen LogP contribution in [0.2, 0.25) is 0 Å². The number of ether oxygens (including phenoxy) is 1. The number of methoxy groups -OCH3 is 1. The van der Waals surface area contributed by atoms with Crippen molar-refractivity contribution < 1.29 is 4.74 Å². The van der Waals surface area contributed by atoms with Gasteiger partial charge in [0.15, 0.2) is 0 Å². The first-order chi connectivity index (χ1) is 9.99. The van der Waals surface area contributed by atoms with Gasteiger partial charge in [-0.1, -0.05) is 38.5 Å². The highest BCUT2D eigenvalue weighted by Gasteiger charge is 2.16. The third-order valence-electron chi connectivity index (χ3n) is 3.90. The maximum atomic E-state index is 5.29. The topological polar surface area (TPSA) is 24.5 Å². The van der Waals surface area contributed by atoms with Gasteiger partial charge in [0.2, 0.25) is 0 Å². The predicted octanol–water partition coefficient (Wildman–Crippen LogP) is 3.74. The van der Waals surface area contributed by atoms with Crippen LogP contribution in [0.15, 0.2) is 18.2 Å². The van der Waals surface area contributed by atoms with Gasteiger partial charge in [0.1, 0.15) is 0 Å². The van der Waals surface area contributed by atoms with Gasteiger partial charge in [-0.05, 0) is 31.9 Å². The van der Waals surface area contributed by atoms with Crippen molar-refractivity contribution in [3.8, 4) is 0 Å². The second-order valence-electron chi connectivity index (χ2n) is 6.11. The van der Waals surface area contributed by atoms with Crippen LogP contribution in [0.4, 0.5) is 5.69 Å². The summed E-state index contributed by atoms with van der Waals surface area (Å²) in [6, 6.07) is 7.77. The largest absolute Gasteiger partial charge is 0.383 e. The second kappa shape index (κ2) is 9.06. The molecule has 3 nitrogen and oxygen atoms in total. The van der Waals surface area contributed by atoms with Gasteiger partial charge < -0.3 is 15.0 Å². The maximum absolute atomic E-state index is 5.29. The van der Waals surface area contributed by atoms with E-state index in [2.05, 4.69) is 63.0 Å². The molecule has 0 fully saturated rings. The lowest BCUT2D eigenvalue weighted by atomic mass is 10.1. The van der Waals surface area contributed by atoms with E-state index < -0.39 is 0 Å². The lowest BCUT2D eigenvalue weighted by Crippen LogP contribution is -2.36. The van der Waals surface area contributed by atoms with Crippen LogP contribution in [-0.4, -0.2) is 32.3 Å². The van der Waals surface area contributed by atoms with Crippen molar-refractivity contribution in [2.75, 3.05) is 25.2 Å². The average Bonchev–Trinajstić information content (AvgIpc) is 2.46. The quantitative estimate of drug-likeness (QED) is 0.750. The predicted molar refractivity (Wildman–Crippen MR) is 92.1 cm³/mol. The van der Waals surface area contributed by atoms with Crippen LogP contribution in [0.5, 0.6) is 0 Å². The molecule has 1 aromatic carbocycles. The molecule has 1 atom stereocenters. The van der Waals surface area contributed by atoms with Crippen LogP contribution in [-0.2, 0) is 11.3 Å². The van der Waals surface area contributed by atoms with Crippen molar-refractivity contribution in [3.05, 3.63) is 29.3 Å². The van der Waals surface area contributed by atoms with E-state index in [-0.39, 0.29) is 0 Å². The number of rotatable bonds is 9. The van der Waals surface area contributed by atoms with Crippen LogP contribution < -0.4 is 10.2 Å². The molecule has 0 amide bonds. The highest BCUT2D eigenvalue weighted by Crippen LogP contribution is 2.25. The van der Waals surface area contributed by atoms with Crippen LogP contribution in [0.3, 0.4) is 0 Å². The lowest BCUT2D eigenvalue weighted by molar-refractivity contribution is 0.203. The van der Waals surface area contributed by atoms with Crippen molar-refractivity contribution >= 4 is 5.69 Å². The molecule has 1 unspecified atom stereocenters. The number of nitrogens with one attached hydrogen (secondary N) is 1. The molecule has 1 rings (SSSR count). The van der Waals surface area contributed by atoms with Gasteiger partial charge in [0, 0.05) is 38.0 Å². The Morgan fingerprint density at radius 1 is 1.24 bits per heavy atom. The Bertz CT molecular complexity index is 418. The summed E-state index contributed by atoms with van der Waals surface area (Å²) in [5.41, 5.74) is 4.02. The standard InChI is InChI=1S/C18H32N2O/c1-7-16(5)20(10-11-21-6)18-9-8-15(4)12-17(18)13-19-14(2)3/h8-9,12,14,16,19H,7,10-11,13H2,1-6H3. The Balaban J connectivity index is 3.04. The molecule has 0 heterocycles. The molecule has 0 aliphatic carbocycles. The molecule has 0 spiro atoms. The van der Waals surface area contributed by atoms with Crippen molar-refractivity contribution in [2.24, 2.45) is 0 Å². The summed E-state index contributed by atoms with van der Waals surface area (Å²) in [5.74, 6) is 0. The minimum atomic E-state index is 0.495. The fourth-order valence-electron chi connectivity index (χ4n) is 2.44. The van der Waals surface area contributed by atoms with E-state index in [0.29, 0.717) is 12.1 Å². The molecule has 0 aromatic heterocycles. The van der Waals surface area contributed by atoms with Gasteiger partial charge in [-0.2, -0.15) is 0 Å². The first kappa shape index (κ1) is 18.0. The van der Waals surface area contributed by atoms with Crippen LogP contribution in [0.1, 0.15) is 45.2 Å². The van der Waals surface area contributed by atoms with Gasteiger partial charge in [0.05, 0.1) is 6.61 Å². The Labute approximate surface area is 130 Å². The molecule has 1 N–H and O–H groups in total. The number of aryl methyl sites for hydroxylation is 1. The Hall–Kier alpha value is -1.06. The fourth-order valence-corrected chi connectivity index (χ4v) is 2.44. The molecule has 0 bridgehead atoms. The highest BCUT2D eigenvalue weighted by atomic mass is 16.5. The molecule has 120 valence electrons. The summed E-state index contributed by atoms with van der Waals surface area (Å²) in [6.07, 6.45) is 1.13. The molecule has 0 saturated heterocycles. The summed E-state index contributed by atoms with van der Waals surface area (Å²) < 4.78 is 5.29. The number of hydrogen-bond acceptors (Lipinski definition) is 3. The minimum Gasteiger partial charge on any atom is -0.383 e. The van der Waals surface area contributed by atoms with E-state index in [9.17, 15) is 0 Å². The molecule has 0 radical (unpaired) electrons. The molecular formula is C18H32N2O. The third-order valence-corrected chi connectivity index (χ3v) is 3.90. The Morgan fingerprint density at radius 3 is 2.52 bits per heavy atom. The van der Waals surface area contributed by atoms with Crippen molar-refractivity contribution in [3.63, 3.8) is 0 Å². The molecule has 1 aromatic rings. The van der Waals surface area contributed by atoms with Crippen molar-refractivity contribution in [2.45, 2.75) is 59.7 Å². The Kier molecular flexibility index (Phi) is 7.76. The van der Waals surface area contributed by atoms with E-state index >= 15 is 0 Å². The lowest BCUT2D eigenvalue weighted by Gasteiger charge is -2.33. The van der Waals surface area contributed by atoms with Gasteiger partial charge >= 0.3 is 0 Å². The van der Waals surface area contributed by atoms with E-state index in [1.54, 1.807) is 7.11 Å². The van der Waals surface area contributed by atoms with Gasteiger partial charge in [-0.25, -0.2) is 0 Å². The molecule has 21 heavy (non-hydrogen) atoms. The smallest absolute Gasteiger partial charge is 0.0637 e. The summed E-state index contributed by atoms with van der Waals surface area (Å²) in [5, 5.41) is 3.54. The Morgan fingerprint density at radius 2 is 1.95 bits per heavy atom. The summed E-state index contributed by atoms with van der Waals surface area (Å²) in [7, 11) is 1.77. The molecule has 0 saturated carbocycles. The van der Waals surface area contributed by atoms with Crippen molar-refractivity contribution in [1.29, 1.82) is 0 Å².